The van der Waals surface area contributed by atoms with E-state index in [1.54, 1.807) is 31.7 Å². The molecule has 188 valence electrons. The number of nitrogens with one attached hydrogen (secondary N) is 1. The van der Waals surface area contributed by atoms with Crippen LogP contribution in [0.15, 0.2) is 82.0 Å². The monoisotopic (exact) mass is 508 g/mol. The van der Waals surface area contributed by atoms with Crippen molar-refractivity contribution in [2.75, 3.05) is 12.9 Å². The van der Waals surface area contributed by atoms with E-state index >= 15 is 0 Å². The number of carboxylic acids is 1. The molecule has 8 nitrogen and oxygen atoms in total. The standard InChI is InChI=1S/C27H28N2O6S/c1-17-23(26(30)31)25(20-9-7-10-21(16-20)29(33)34)24(18(2)28-17)27(32)35-15-6-4-5-8-19-11-13-22(36-3)14-12-19/h5,7-14,16,25,28H,4,6,15H2,1-3H3,(H,30,31). The molecule has 2 aromatic carbocycles. The van der Waals surface area contributed by atoms with E-state index in [9.17, 15) is 24.8 Å². The lowest BCUT2D eigenvalue weighted by molar-refractivity contribution is -0.384. The Kier molecular flexibility index (Phi) is 9.08. The number of non-ortho nitro benzene ring substituents is 1. The van der Waals surface area contributed by atoms with Gasteiger partial charge in [-0.25, -0.2) is 9.59 Å². The first-order valence-electron chi connectivity index (χ1n) is 11.4. The molecule has 1 unspecified atom stereocenters. The van der Waals surface area contributed by atoms with Gasteiger partial charge in [-0.05, 0) is 56.2 Å². The van der Waals surface area contributed by atoms with Crippen LogP contribution in [0.5, 0.6) is 0 Å². The molecular formula is C27H28N2O6S. The molecule has 3 rings (SSSR count). The minimum Gasteiger partial charge on any atom is -0.478 e. The van der Waals surface area contributed by atoms with Gasteiger partial charge in [0.1, 0.15) is 0 Å². The van der Waals surface area contributed by atoms with Gasteiger partial charge in [0.2, 0.25) is 0 Å². The van der Waals surface area contributed by atoms with Crippen LogP contribution >= 0.6 is 11.8 Å². The maximum Gasteiger partial charge on any atom is 0.336 e. The van der Waals surface area contributed by atoms with Crippen molar-refractivity contribution < 1.29 is 24.4 Å². The van der Waals surface area contributed by atoms with Crippen LogP contribution in [-0.4, -0.2) is 34.8 Å². The van der Waals surface area contributed by atoms with Crippen LogP contribution < -0.4 is 5.32 Å². The van der Waals surface area contributed by atoms with E-state index in [1.165, 1.54) is 23.1 Å². The van der Waals surface area contributed by atoms with E-state index in [-0.39, 0.29) is 23.4 Å². The number of nitro groups is 1. The molecule has 0 saturated heterocycles. The predicted molar refractivity (Wildman–Crippen MR) is 139 cm³/mol. The largest absolute Gasteiger partial charge is 0.478 e. The van der Waals surface area contributed by atoms with Crippen LogP contribution in [0.2, 0.25) is 0 Å². The van der Waals surface area contributed by atoms with Crippen LogP contribution in [0.25, 0.3) is 6.08 Å². The Morgan fingerprint density at radius 3 is 2.47 bits per heavy atom. The molecule has 2 N–H and O–H groups in total. The number of thioether (sulfide) groups is 1. The van der Waals surface area contributed by atoms with Gasteiger partial charge in [-0.2, -0.15) is 0 Å². The van der Waals surface area contributed by atoms with Gasteiger partial charge in [0.25, 0.3) is 5.69 Å². The topological polar surface area (TPSA) is 119 Å². The van der Waals surface area contributed by atoms with Gasteiger partial charge < -0.3 is 15.2 Å². The molecule has 1 heterocycles. The second kappa shape index (κ2) is 12.2. The summed E-state index contributed by atoms with van der Waals surface area (Å²) in [6, 6.07) is 13.9. The predicted octanol–water partition coefficient (Wildman–Crippen LogP) is 5.67. The van der Waals surface area contributed by atoms with Crippen LogP contribution in [0, 0.1) is 10.1 Å². The zero-order valence-electron chi connectivity index (χ0n) is 20.3. The highest BCUT2D eigenvalue weighted by Gasteiger charge is 2.37. The number of unbranched alkanes of at least 4 members (excludes halogenated alkanes) is 1. The summed E-state index contributed by atoms with van der Waals surface area (Å²) in [5.41, 5.74) is 2.13. The number of carbonyl (C=O) groups excluding carboxylic acids is 1. The lowest BCUT2D eigenvalue weighted by atomic mass is 9.80. The minimum absolute atomic E-state index is 0.0523. The molecule has 2 aromatic rings. The van der Waals surface area contributed by atoms with Crippen molar-refractivity contribution in [3.05, 3.63) is 98.4 Å². The van der Waals surface area contributed by atoms with E-state index in [0.29, 0.717) is 29.8 Å². The van der Waals surface area contributed by atoms with Crippen LogP contribution in [0.3, 0.4) is 0 Å². The number of benzene rings is 2. The minimum atomic E-state index is -1.22. The Hall–Kier alpha value is -3.85. The van der Waals surface area contributed by atoms with Crippen molar-refractivity contribution in [2.45, 2.75) is 37.5 Å². The number of hydrogen-bond acceptors (Lipinski definition) is 7. The van der Waals surface area contributed by atoms with Crippen molar-refractivity contribution in [3.63, 3.8) is 0 Å². The Morgan fingerprint density at radius 1 is 1.14 bits per heavy atom. The maximum absolute atomic E-state index is 13.1. The summed E-state index contributed by atoms with van der Waals surface area (Å²) in [5.74, 6) is -2.87. The van der Waals surface area contributed by atoms with E-state index in [1.807, 2.05) is 30.5 Å². The molecule has 0 amide bonds. The molecule has 1 atom stereocenters. The van der Waals surface area contributed by atoms with Crippen LogP contribution in [0.4, 0.5) is 5.69 Å². The van der Waals surface area contributed by atoms with Crippen LogP contribution in [-0.2, 0) is 14.3 Å². The second-order valence-corrected chi connectivity index (χ2v) is 9.13. The first-order valence-corrected chi connectivity index (χ1v) is 12.6. The van der Waals surface area contributed by atoms with Gasteiger partial charge >= 0.3 is 11.9 Å². The highest BCUT2D eigenvalue weighted by atomic mass is 32.2. The molecule has 9 heteroatoms. The van der Waals surface area contributed by atoms with Crippen molar-refractivity contribution in [1.29, 1.82) is 0 Å². The third kappa shape index (κ3) is 6.42. The molecule has 0 spiro atoms. The van der Waals surface area contributed by atoms with Gasteiger partial charge in [0, 0.05) is 28.4 Å². The number of nitro benzene ring substituents is 1. The first kappa shape index (κ1) is 26.7. The van der Waals surface area contributed by atoms with Crippen molar-refractivity contribution >= 4 is 35.5 Å². The molecule has 36 heavy (non-hydrogen) atoms. The third-order valence-corrected chi connectivity index (χ3v) is 6.54. The molecule has 1 aliphatic heterocycles. The molecular weight excluding hydrogens is 480 g/mol. The zero-order chi connectivity index (χ0) is 26.2. The fourth-order valence-corrected chi connectivity index (χ4v) is 4.49. The van der Waals surface area contributed by atoms with Gasteiger partial charge in [0.05, 0.1) is 28.6 Å². The summed E-state index contributed by atoms with van der Waals surface area (Å²) in [6.45, 7) is 3.41. The first-order chi connectivity index (χ1) is 17.2. The third-order valence-electron chi connectivity index (χ3n) is 5.80. The van der Waals surface area contributed by atoms with E-state index < -0.39 is 22.8 Å². The summed E-state index contributed by atoms with van der Waals surface area (Å²) in [6.07, 6.45) is 7.33. The Labute approximate surface area is 213 Å². The lowest BCUT2D eigenvalue weighted by Crippen LogP contribution is -2.32. The van der Waals surface area contributed by atoms with Gasteiger partial charge in [0.15, 0.2) is 0 Å². The molecule has 1 aliphatic rings. The summed E-state index contributed by atoms with van der Waals surface area (Å²) in [5, 5.41) is 24.1. The van der Waals surface area contributed by atoms with Gasteiger partial charge in [-0.3, -0.25) is 10.1 Å². The van der Waals surface area contributed by atoms with Crippen LogP contribution in [0.1, 0.15) is 43.7 Å². The molecule has 0 aromatic heterocycles. The summed E-state index contributed by atoms with van der Waals surface area (Å²) in [7, 11) is 0. The fourth-order valence-electron chi connectivity index (χ4n) is 4.08. The zero-order valence-corrected chi connectivity index (χ0v) is 21.1. The number of ether oxygens (including phenoxy) is 1. The Morgan fingerprint density at radius 2 is 1.83 bits per heavy atom. The molecule has 0 aliphatic carbocycles. The lowest BCUT2D eigenvalue weighted by Gasteiger charge is -2.29. The number of nitrogens with zero attached hydrogens (tertiary/aromatic N) is 1. The number of allylic oxidation sites excluding steroid dienone is 3. The van der Waals surface area contributed by atoms with Gasteiger partial charge in [-0.15, -0.1) is 11.8 Å². The second-order valence-electron chi connectivity index (χ2n) is 8.25. The average molecular weight is 509 g/mol. The normalized spacial score (nSPS) is 15.7. The number of carboxylic acid groups (broad SMARTS) is 1. The Bertz CT molecular complexity index is 1250. The molecule has 0 saturated carbocycles. The number of dihydropyridines is 1. The van der Waals surface area contributed by atoms with E-state index in [0.717, 1.165) is 5.56 Å². The number of hydrogen-bond donors (Lipinski definition) is 2. The smallest absolute Gasteiger partial charge is 0.336 e. The fraction of sp³-hybridized carbons (Fsp3) is 0.259. The maximum atomic E-state index is 13.1. The van der Waals surface area contributed by atoms with E-state index in [4.69, 9.17) is 4.74 Å². The number of carbonyl (C=O) groups is 2. The molecule has 0 bridgehead atoms. The Balaban J connectivity index is 1.72. The average Bonchev–Trinajstić information content (AvgIpc) is 2.85. The SMILES string of the molecule is CSc1ccc(C=CCCCOC(=O)C2=C(C)NC(C)=C(C(=O)O)C2c2cccc([N+](=O)[O-])c2)cc1. The quantitative estimate of drug-likeness (QED) is 0.138. The molecule has 0 fully saturated rings. The van der Waals surface area contributed by atoms with E-state index in [2.05, 4.69) is 17.4 Å². The van der Waals surface area contributed by atoms with Gasteiger partial charge in [-0.1, -0.05) is 36.4 Å². The summed E-state index contributed by atoms with van der Waals surface area (Å²) < 4.78 is 5.50. The molecule has 0 radical (unpaired) electrons. The summed E-state index contributed by atoms with van der Waals surface area (Å²) in [4.78, 5) is 37.2. The number of esters is 1. The summed E-state index contributed by atoms with van der Waals surface area (Å²) >= 11 is 1.68. The number of aliphatic carboxylic acids is 1. The van der Waals surface area contributed by atoms with Crippen molar-refractivity contribution in [3.8, 4) is 0 Å². The highest BCUT2D eigenvalue weighted by molar-refractivity contribution is 7.98. The van der Waals surface area contributed by atoms with Crippen molar-refractivity contribution in [1.82, 2.24) is 5.32 Å². The highest BCUT2D eigenvalue weighted by Crippen LogP contribution is 2.39. The van der Waals surface area contributed by atoms with Crippen molar-refractivity contribution in [2.24, 2.45) is 0 Å². The number of rotatable bonds is 10.